The number of hydrogen-bond acceptors (Lipinski definition) is 4. The molecule has 1 unspecified atom stereocenters. The lowest BCUT2D eigenvalue weighted by Gasteiger charge is -2.21. The number of likely N-dealkylation sites (tertiary alicyclic amines) is 1. The van der Waals surface area contributed by atoms with E-state index in [0.29, 0.717) is 24.6 Å². The van der Waals surface area contributed by atoms with Gasteiger partial charge in [0, 0.05) is 49.2 Å². The van der Waals surface area contributed by atoms with Gasteiger partial charge in [-0.1, -0.05) is 18.2 Å². The highest BCUT2D eigenvalue weighted by Crippen LogP contribution is 2.25. The van der Waals surface area contributed by atoms with Crippen molar-refractivity contribution in [1.29, 1.82) is 0 Å². The number of carbonyl (C=O) groups is 1. The summed E-state index contributed by atoms with van der Waals surface area (Å²) < 4.78 is 0. The molecule has 8 heteroatoms. The van der Waals surface area contributed by atoms with Crippen molar-refractivity contribution in [3.8, 4) is 0 Å². The molecule has 1 atom stereocenters. The quantitative estimate of drug-likeness (QED) is 0.177. The first-order valence-electron chi connectivity index (χ1n) is 10.2. The summed E-state index contributed by atoms with van der Waals surface area (Å²) in [5.41, 5.74) is 0.571. The maximum Gasteiger partial charge on any atom is 0.252 e. The number of halogens is 1. The summed E-state index contributed by atoms with van der Waals surface area (Å²) in [6, 6.07) is 14.1. The van der Waals surface area contributed by atoms with Gasteiger partial charge in [-0.15, -0.1) is 35.7 Å². The molecular formula is C22H30IN5OS. The first-order chi connectivity index (χ1) is 14.3. The minimum Gasteiger partial charge on any atom is -0.357 e. The second kappa shape index (κ2) is 13.5. The third kappa shape index (κ3) is 7.79. The Kier molecular flexibility index (Phi) is 11.0. The van der Waals surface area contributed by atoms with Crippen molar-refractivity contribution in [2.24, 2.45) is 10.9 Å². The van der Waals surface area contributed by atoms with E-state index in [1.54, 1.807) is 24.5 Å². The molecule has 1 aliphatic heterocycles. The molecule has 1 amide bonds. The summed E-state index contributed by atoms with van der Waals surface area (Å²) in [6.45, 7) is 6.01. The topological polar surface area (TPSA) is 69.6 Å². The Bertz CT molecular complexity index is 791. The van der Waals surface area contributed by atoms with Gasteiger partial charge in [-0.05, 0) is 43.5 Å². The highest BCUT2D eigenvalue weighted by molar-refractivity contribution is 14.0. The van der Waals surface area contributed by atoms with E-state index in [2.05, 4.69) is 57.8 Å². The largest absolute Gasteiger partial charge is 0.357 e. The average molecular weight is 539 g/mol. The molecule has 1 aliphatic rings. The number of aliphatic imine (C=N–C) groups is 1. The van der Waals surface area contributed by atoms with Crippen LogP contribution < -0.4 is 10.6 Å². The van der Waals surface area contributed by atoms with Gasteiger partial charge in [0.1, 0.15) is 0 Å². The minimum absolute atomic E-state index is 0. The zero-order valence-corrected chi connectivity index (χ0v) is 20.4. The summed E-state index contributed by atoms with van der Waals surface area (Å²) >= 11 is 1.93. The predicted octanol–water partition coefficient (Wildman–Crippen LogP) is 3.51. The number of pyridine rings is 1. The number of aromatic nitrogens is 1. The zero-order valence-electron chi connectivity index (χ0n) is 17.3. The monoisotopic (exact) mass is 539 g/mol. The standard InChI is InChI=1S/C22H29N5OS.HI/c1-2-24-22(26-13-12-25-21(28)19-7-6-11-23-15-19)27-14-10-18(16-27)17-29-20-8-4-3-5-9-20;/h3-9,11,15,18H,2,10,12-14,16-17H2,1H3,(H,24,26)(H,25,28);1H. The van der Waals surface area contributed by atoms with Gasteiger partial charge in [-0.3, -0.25) is 14.8 Å². The van der Waals surface area contributed by atoms with Crippen LogP contribution in [0.25, 0.3) is 0 Å². The normalized spacial score (nSPS) is 16.1. The smallest absolute Gasteiger partial charge is 0.252 e. The van der Waals surface area contributed by atoms with Gasteiger partial charge >= 0.3 is 0 Å². The van der Waals surface area contributed by atoms with Gasteiger partial charge in [0.25, 0.3) is 5.91 Å². The Morgan fingerprint density at radius 3 is 2.80 bits per heavy atom. The average Bonchev–Trinajstić information content (AvgIpc) is 3.24. The van der Waals surface area contributed by atoms with Gasteiger partial charge in [-0.2, -0.15) is 0 Å². The number of benzene rings is 1. The third-order valence-electron chi connectivity index (χ3n) is 4.73. The molecule has 1 saturated heterocycles. The second-order valence-corrected chi connectivity index (χ2v) is 8.05. The Morgan fingerprint density at radius 2 is 2.07 bits per heavy atom. The van der Waals surface area contributed by atoms with Crippen molar-refractivity contribution in [3.05, 3.63) is 60.4 Å². The lowest BCUT2D eigenvalue weighted by atomic mass is 10.2. The van der Waals surface area contributed by atoms with Gasteiger partial charge in [0.2, 0.25) is 0 Å². The van der Waals surface area contributed by atoms with Crippen molar-refractivity contribution in [2.75, 3.05) is 38.5 Å². The van der Waals surface area contributed by atoms with Crippen LogP contribution in [0.2, 0.25) is 0 Å². The SMILES string of the molecule is CCNC(=NCCNC(=O)c1cccnc1)N1CCC(CSc2ccccc2)C1.I. The molecule has 2 heterocycles. The number of amides is 1. The van der Waals surface area contributed by atoms with E-state index in [-0.39, 0.29) is 29.9 Å². The van der Waals surface area contributed by atoms with Crippen LogP contribution in [-0.2, 0) is 0 Å². The van der Waals surface area contributed by atoms with Crippen LogP contribution in [0, 0.1) is 5.92 Å². The minimum atomic E-state index is -0.113. The number of guanidine groups is 1. The van der Waals surface area contributed by atoms with Crippen molar-refractivity contribution < 1.29 is 4.79 Å². The molecule has 2 aromatic rings. The molecular weight excluding hydrogens is 509 g/mol. The predicted molar refractivity (Wildman–Crippen MR) is 135 cm³/mol. The van der Waals surface area contributed by atoms with Crippen LogP contribution in [0.15, 0.2) is 64.7 Å². The molecule has 0 spiro atoms. The number of hydrogen-bond donors (Lipinski definition) is 2. The highest BCUT2D eigenvalue weighted by Gasteiger charge is 2.24. The summed E-state index contributed by atoms with van der Waals surface area (Å²) in [4.78, 5) is 24.4. The van der Waals surface area contributed by atoms with Crippen LogP contribution in [0.1, 0.15) is 23.7 Å². The Labute approximate surface area is 200 Å². The summed E-state index contributed by atoms with van der Waals surface area (Å²) in [5.74, 6) is 2.61. The lowest BCUT2D eigenvalue weighted by Crippen LogP contribution is -2.40. The fraction of sp³-hybridized carbons (Fsp3) is 0.409. The maximum atomic E-state index is 12.1. The molecule has 6 nitrogen and oxygen atoms in total. The van der Waals surface area contributed by atoms with Crippen LogP contribution in [0.3, 0.4) is 0 Å². The van der Waals surface area contributed by atoms with E-state index < -0.39 is 0 Å². The van der Waals surface area contributed by atoms with Gasteiger partial charge in [0.05, 0.1) is 12.1 Å². The van der Waals surface area contributed by atoms with Crippen molar-refractivity contribution >= 4 is 47.6 Å². The van der Waals surface area contributed by atoms with Gasteiger partial charge in [-0.25, -0.2) is 0 Å². The molecule has 0 aliphatic carbocycles. The highest BCUT2D eigenvalue weighted by atomic mass is 127. The van der Waals surface area contributed by atoms with Gasteiger partial charge in [0.15, 0.2) is 5.96 Å². The van der Waals surface area contributed by atoms with Crippen molar-refractivity contribution in [3.63, 3.8) is 0 Å². The number of nitrogens with zero attached hydrogens (tertiary/aromatic N) is 3. The van der Waals surface area contributed by atoms with Crippen molar-refractivity contribution in [2.45, 2.75) is 18.2 Å². The van der Waals surface area contributed by atoms with Crippen molar-refractivity contribution in [1.82, 2.24) is 20.5 Å². The number of rotatable bonds is 8. The van der Waals surface area contributed by atoms with Crippen LogP contribution >= 0.6 is 35.7 Å². The van der Waals surface area contributed by atoms with E-state index in [9.17, 15) is 4.79 Å². The van der Waals surface area contributed by atoms with E-state index in [0.717, 1.165) is 31.3 Å². The van der Waals surface area contributed by atoms with E-state index in [1.807, 2.05) is 11.8 Å². The Morgan fingerprint density at radius 1 is 1.23 bits per heavy atom. The third-order valence-corrected chi connectivity index (χ3v) is 5.98. The molecule has 2 N–H and O–H groups in total. The zero-order chi connectivity index (χ0) is 20.3. The van der Waals surface area contributed by atoms with Crippen LogP contribution in [0.4, 0.5) is 0 Å². The maximum absolute atomic E-state index is 12.1. The number of thioether (sulfide) groups is 1. The fourth-order valence-corrected chi connectivity index (χ4v) is 4.30. The molecule has 3 rings (SSSR count). The first kappa shape index (κ1) is 24.5. The van der Waals surface area contributed by atoms with Gasteiger partial charge < -0.3 is 15.5 Å². The molecule has 30 heavy (non-hydrogen) atoms. The summed E-state index contributed by atoms with van der Waals surface area (Å²) in [7, 11) is 0. The van der Waals surface area contributed by atoms with Crippen LogP contribution in [-0.4, -0.2) is 60.2 Å². The van der Waals surface area contributed by atoms with Crippen LogP contribution in [0.5, 0.6) is 0 Å². The summed E-state index contributed by atoms with van der Waals surface area (Å²) in [6.07, 6.45) is 4.41. The molecule has 1 aromatic heterocycles. The second-order valence-electron chi connectivity index (χ2n) is 6.96. The number of nitrogens with one attached hydrogen (secondary N) is 2. The Hall–Kier alpha value is -1.81. The molecule has 162 valence electrons. The molecule has 0 saturated carbocycles. The molecule has 0 bridgehead atoms. The molecule has 0 radical (unpaired) electrons. The summed E-state index contributed by atoms with van der Waals surface area (Å²) in [5, 5.41) is 6.28. The molecule has 1 aromatic carbocycles. The fourth-order valence-electron chi connectivity index (χ4n) is 3.25. The van der Waals surface area contributed by atoms with E-state index in [1.165, 1.54) is 11.3 Å². The lowest BCUT2D eigenvalue weighted by molar-refractivity contribution is 0.0954. The first-order valence-corrected chi connectivity index (χ1v) is 11.1. The number of carbonyl (C=O) groups excluding carboxylic acids is 1. The van der Waals surface area contributed by atoms with E-state index in [4.69, 9.17) is 4.99 Å². The Balaban J connectivity index is 0.00000320. The molecule has 1 fully saturated rings. The van der Waals surface area contributed by atoms with E-state index >= 15 is 0 Å².